The van der Waals surface area contributed by atoms with Gasteiger partial charge in [-0.2, -0.15) is 0 Å². The lowest BCUT2D eigenvalue weighted by Crippen LogP contribution is -2.01. The Bertz CT molecular complexity index is 608. The van der Waals surface area contributed by atoms with Crippen molar-refractivity contribution in [1.82, 2.24) is 0 Å². The number of ether oxygens (including phenoxy) is 1. The second-order valence-corrected chi connectivity index (χ2v) is 4.64. The van der Waals surface area contributed by atoms with Gasteiger partial charge >= 0.3 is 0 Å². The summed E-state index contributed by atoms with van der Waals surface area (Å²) in [5, 5.41) is 0. The van der Waals surface area contributed by atoms with Crippen LogP contribution >= 0.6 is 0 Å². The number of methoxy groups -OCH3 is 1. The van der Waals surface area contributed by atoms with Crippen LogP contribution in [0, 0.1) is 19.7 Å². The van der Waals surface area contributed by atoms with E-state index in [-0.39, 0.29) is 5.82 Å². The average molecular weight is 259 g/mol. The van der Waals surface area contributed by atoms with Gasteiger partial charge in [-0.05, 0) is 65.9 Å². The Balaban J connectivity index is 2.65. The first kappa shape index (κ1) is 13.6. The van der Waals surface area contributed by atoms with Crippen LogP contribution in [0.1, 0.15) is 16.7 Å². The molecular weight excluding hydrogens is 241 g/mol. The minimum Gasteiger partial charge on any atom is -0.496 e. The molecule has 2 rings (SSSR count). The molecule has 0 saturated heterocycles. The van der Waals surface area contributed by atoms with Gasteiger partial charge in [-0.25, -0.2) is 4.39 Å². The van der Waals surface area contributed by atoms with Crippen molar-refractivity contribution in [3.8, 4) is 16.9 Å². The summed E-state index contributed by atoms with van der Waals surface area (Å²) in [6, 6.07) is 8.70. The van der Waals surface area contributed by atoms with E-state index < -0.39 is 0 Å². The maximum atomic E-state index is 13.5. The first-order valence-electron chi connectivity index (χ1n) is 6.21. The molecule has 0 aromatic heterocycles. The Hall–Kier alpha value is -1.87. The lowest BCUT2D eigenvalue weighted by Gasteiger charge is -2.14. The van der Waals surface area contributed by atoms with E-state index in [0.717, 1.165) is 33.6 Å². The fraction of sp³-hybridized carbons (Fsp3) is 0.250. The molecule has 0 aliphatic rings. The van der Waals surface area contributed by atoms with Crippen molar-refractivity contribution in [1.29, 1.82) is 0 Å². The topological polar surface area (TPSA) is 35.2 Å². The number of aryl methyl sites for hydroxylation is 2. The molecule has 2 aromatic rings. The van der Waals surface area contributed by atoms with Crippen LogP contribution in [0.2, 0.25) is 0 Å². The molecule has 2 N–H and O–H groups in total. The number of hydrogen-bond acceptors (Lipinski definition) is 2. The monoisotopic (exact) mass is 259 g/mol. The molecule has 0 unspecified atom stereocenters. The minimum atomic E-state index is -0.250. The Morgan fingerprint density at radius 2 is 1.79 bits per heavy atom. The minimum absolute atomic E-state index is 0.250. The van der Waals surface area contributed by atoms with E-state index in [0.29, 0.717) is 6.54 Å². The summed E-state index contributed by atoms with van der Waals surface area (Å²) < 4.78 is 18.8. The Morgan fingerprint density at radius 3 is 2.42 bits per heavy atom. The van der Waals surface area contributed by atoms with Crippen molar-refractivity contribution < 1.29 is 9.13 Å². The highest BCUT2D eigenvalue weighted by Gasteiger charge is 2.11. The molecule has 0 aliphatic carbocycles. The molecular formula is C16H18FNO. The van der Waals surface area contributed by atoms with Crippen molar-refractivity contribution in [2.75, 3.05) is 7.11 Å². The highest BCUT2D eigenvalue weighted by atomic mass is 19.1. The molecule has 2 aromatic carbocycles. The molecule has 0 heterocycles. The van der Waals surface area contributed by atoms with E-state index in [4.69, 9.17) is 10.5 Å². The summed E-state index contributed by atoms with van der Waals surface area (Å²) in [4.78, 5) is 0. The molecule has 2 nitrogen and oxygen atoms in total. The van der Waals surface area contributed by atoms with Crippen LogP contribution in [0.5, 0.6) is 5.75 Å². The molecule has 0 fully saturated rings. The van der Waals surface area contributed by atoms with Gasteiger partial charge in [0.1, 0.15) is 11.6 Å². The zero-order valence-electron chi connectivity index (χ0n) is 11.5. The van der Waals surface area contributed by atoms with E-state index in [2.05, 4.69) is 0 Å². The molecule has 0 spiro atoms. The molecule has 0 amide bonds. The molecule has 0 bridgehead atoms. The second kappa shape index (κ2) is 5.41. The summed E-state index contributed by atoms with van der Waals surface area (Å²) in [5.74, 6) is 0.590. The van der Waals surface area contributed by atoms with Crippen molar-refractivity contribution >= 4 is 0 Å². The molecule has 100 valence electrons. The van der Waals surface area contributed by atoms with Gasteiger partial charge < -0.3 is 10.5 Å². The molecule has 0 saturated carbocycles. The first-order valence-corrected chi connectivity index (χ1v) is 6.21. The van der Waals surface area contributed by atoms with Gasteiger partial charge in [-0.3, -0.25) is 0 Å². The van der Waals surface area contributed by atoms with Crippen molar-refractivity contribution in [2.45, 2.75) is 20.4 Å². The van der Waals surface area contributed by atoms with E-state index in [1.54, 1.807) is 13.2 Å². The number of benzene rings is 2. The third-order valence-corrected chi connectivity index (χ3v) is 3.32. The quantitative estimate of drug-likeness (QED) is 0.914. The van der Waals surface area contributed by atoms with E-state index >= 15 is 0 Å². The molecule has 0 atom stereocenters. The molecule has 0 aliphatic heterocycles. The van der Waals surface area contributed by atoms with Gasteiger partial charge in [0.15, 0.2) is 0 Å². The highest BCUT2D eigenvalue weighted by molar-refractivity contribution is 5.72. The number of halogens is 1. The van der Waals surface area contributed by atoms with Crippen LogP contribution in [-0.2, 0) is 6.54 Å². The van der Waals surface area contributed by atoms with Crippen LogP contribution in [0.3, 0.4) is 0 Å². The standard InChI is InChI=1S/C16H18FNO/c1-10-7-16(19-3)11(2)6-14(10)15-8-13(17)5-4-12(15)9-18/h4-8H,9,18H2,1-3H3. The van der Waals surface area contributed by atoms with Crippen LogP contribution in [0.4, 0.5) is 4.39 Å². The van der Waals surface area contributed by atoms with Crippen LogP contribution in [0.25, 0.3) is 11.1 Å². The van der Waals surface area contributed by atoms with Crippen molar-refractivity contribution in [3.05, 3.63) is 52.8 Å². The third-order valence-electron chi connectivity index (χ3n) is 3.32. The molecule has 3 heteroatoms. The number of hydrogen-bond donors (Lipinski definition) is 1. The zero-order chi connectivity index (χ0) is 14.0. The van der Waals surface area contributed by atoms with Gasteiger partial charge in [0.05, 0.1) is 7.11 Å². The largest absolute Gasteiger partial charge is 0.496 e. The first-order chi connectivity index (χ1) is 9.06. The van der Waals surface area contributed by atoms with Crippen LogP contribution in [0.15, 0.2) is 30.3 Å². The summed E-state index contributed by atoms with van der Waals surface area (Å²) in [7, 11) is 1.65. The average Bonchev–Trinajstić information content (AvgIpc) is 2.40. The lowest BCUT2D eigenvalue weighted by atomic mass is 9.94. The van der Waals surface area contributed by atoms with E-state index in [9.17, 15) is 4.39 Å². The third kappa shape index (κ3) is 2.61. The predicted octanol–water partition coefficient (Wildman–Crippen LogP) is 3.58. The molecule has 19 heavy (non-hydrogen) atoms. The van der Waals surface area contributed by atoms with Gasteiger partial charge in [0.25, 0.3) is 0 Å². The predicted molar refractivity (Wildman–Crippen MR) is 75.8 cm³/mol. The summed E-state index contributed by atoms with van der Waals surface area (Å²) >= 11 is 0. The fourth-order valence-electron chi connectivity index (χ4n) is 2.28. The molecule has 0 radical (unpaired) electrons. The summed E-state index contributed by atoms with van der Waals surface area (Å²) in [5.41, 5.74) is 10.6. The fourth-order valence-corrected chi connectivity index (χ4v) is 2.28. The van der Waals surface area contributed by atoms with Gasteiger partial charge in [-0.1, -0.05) is 6.07 Å². The summed E-state index contributed by atoms with van der Waals surface area (Å²) in [6.07, 6.45) is 0. The second-order valence-electron chi connectivity index (χ2n) is 4.64. The smallest absolute Gasteiger partial charge is 0.123 e. The van der Waals surface area contributed by atoms with Crippen LogP contribution in [-0.4, -0.2) is 7.11 Å². The normalized spacial score (nSPS) is 10.6. The van der Waals surface area contributed by atoms with E-state index in [1.165, 1.54) is 12.1 Å². The zero-order valence-corrected chi connectivity index (χ0v) is 11.5. The lowest BCUT2D eigenvalue weighted by molar-refractivity contribution is 0.411. The number of nitrogens with two attached hydrogens (primary N) is 1. The maximum Gasteiger partial charge on any atom is 0.123 e. The van der Waals surface area contributed by atoms with E-state index in [1.807, 2.05) is 26.0 Å². The van der Waals surface area contributed by atoms with Gasteiger partial charge in [0, 0.05) is 6.54 Å². The Labute approximate surface area is 113 Å². The van der Waals surface area contributed by atoms with Crippen molar-refractivity contribution in [2.24, 2.45) is 5.73 Å². The Morgan fingerprint density at radius 1 is 1.05 bits per heavy atom. The van der Waals surface area contributed by atoms with Crippen molar-refractivity contribution in [3.63, 3.8) is 0 Å². The maximum absolute atomic E-state index is 13.5. The van der Waals surface area contributed by atoms with Gasteiger partial charge in [0.2, 0.25) is 0 Å². The summed E-state index contributed by atoms with van der Waals surface area (Å²) in [6.45, 7) is 4.35. The SMILES string of the molecule is COc1cc(C)c(-c2cc(F)ccc2CN)cc1C. The number of rotatable bonds is 3. The Kier molecular flexibility index (Phi) is 3.86. The van der Waals surface area contributed by atoms with Gasteiger partial charge in [-0.15, -0.1) is 0 Å². The highest BCUT2D eigenvalue weighted by Crippen LogP contribution is 2.32. The van der Waals surface area contributed by atoms with Crippen LogP contribution < -0.4 is 10.5 Å².